The summed E-state index contributed by atoms with van der Waals surface area (Å²) in [5.41, 5.74) is 0.501. The molecule has 0 aliphatic carbocycles. The summed E-state index contributed by atoms with van der Waals surface area (Å²) in [6.07, 6.45) is -1.31. The van der Waals surface area contributed by atoms with Gasteiger partial charge < -0.3 is 14.8 Å². The Morgan fingerprint density at radius 2 is 1.73 bits per heavy atom. The number of ether oxygens (including phenoxy) is 2. The molecule has 0 bridgehead atoms. The van der Waals surface area contributed by atoms with Crippen molar-refractivity contribution in [3.63, 3.8) is 0 Å². The van der Waals surface area contributed by atoms with Gasteiger partial charge in [0, 0.05) is 10.6 Å². The van der Waals surface area contributed by atoms with Gasteiger partial charge in [0.25, 0.3) is 5.91 Å². The van der Waals surface area contributed by atoms with Gasteiger partial charge in [0.05, 0.1) is 17.9 Å². The van der Waals surface area contributed by atoms with E-state index in [9.17, 15) is 14.0 Å². The summed E-state index contributed by atoms with van der Waals surface area (Å²) in [6, 6.07) is 18.9. The van der Waals surface area contributed by atoms with E-state index < -0.39 is 23.8 Å². The number of hydrogen-bond acceptors (Lipinski definition) is 4. The quantitative estimate of drug-likeness (QED) is 0.512. The number of anilines is 1. The molecule has 0 heterocycles. The average molecular weight is 428 g/mol. The van der Waals surface area contributed by atoms with Crippen molar-refractivity contribution in [2.75, 3.05) is 11.9 Å². The molecule has 0 saturated carbocycles. The summed E-state index contributed by atoms with van der Waals surface area (Å²) in [7, 11) is 0. The van der Waals surface area contributed by atoms with E-state index in [1.165, 1.54) is 6.07 Å². The summed E-state index contributed by atoms with van der Waals surface area (Å²) >= 11 is 5.86. The Morgan fingerprint density at radius 3 is 2.47 bits per heavy atom. The lowest BCUT2D eigenvalue weighted by Gasteiger charge is -2.19. The molecule has 154 valence electrons. The number of nitrogens with one attached hydrogen (secondary N) is 1. The number of hydrogen-bond donors (Lipinski definition) is 1. The molecule has 1 N–H and O–H groups in total. The zero-order chi connectivity index (χ0) is 21.5. The molecule has 1 atom stereocenters. The van der Waals surface area contributed by atoms with Crippen LogP contribution in [0.5, 0.6) is 5.75 Å². The first-order valence-corrected chi connectivity index (χ1v) is 9.61. The molecule has 3 rings (SSSR count). The molecule has 1 unspecified atom stereocenters. The maximum atomic E-state index is 14.1. The average Bonchev–Trinajstić information content (AvgIpc) is 2.75. The molecule has 0 fully saturated rings. The molecular formula is C23H19ClFNO4. The van der Waals surface area contributed by atoms with E-state index in [1.54, 1.807) is 54.6 Å². The maximum Gasteiger partial charge on any atom is 0.342 e. The second kappa shape index (κ2) is 9.89. The summed E-state index contributed by atoms with van der Waals surface area (Å²) in [5.74, 6) is -1.92. The van der Waals surface area contributed by atoms with Crippen LogP contribution >= 0.6 is 11.6 Å². The van der Waals surface area contributed by atoms with Gasteiger partial charge in [-0.3, -0.25) is 4.79 Å². The number of halogens is 2. The fourth-order valence-electron chi connectivity index (χ4n) is 2.77. The van der Waals surface area contributed by atoms with Crippen LogP contribution in [0.25, 0.3) is 0 Å². The highest BCUT2D eigenvalue weighted by atomic mass is 35.5. The highest BCUT2D eigenvalue weighted by Crippen LogP contribution is 2.27. The third-order valence-corrected chi connectivity index (χ3v) is 4.39. The fraction of sp³-hybridized carbons (Fsp3) is 0.130. The molecule has 0 aliphatic rings. The van der Waals surface area contributed by atoms with Crippen LogP contribution in [0.3, 0.4) is 0 Å². The summed E-state index contributed by atoms with van der Waals surface area (Å²) in [5, 5.41) is 2.89. The first-order valence-electron chi connectivity index (χ1n) is 9.23. The van der Waals surface area contributed by atoms with Gasteiger partial charge in [-0.05, 0) is 37.3 Å². The van der Waals surface area contributed by atoms with E-state index >= 15 is 0 Å². The van der Waals surface area contributed by atoms with Gasteiger partial charge in [0.1, 0.15) is 11.6 Å². The minimum absolute atomic E-state index is 0.176. The SMILES string of the molecule is CCOc1ccccc1NC(=O)C(OC(=O)c1cc(Cl)ccc1F)c1ccccc1. The lowest BCUT2D eigenvalue weighted by molar-refractivity contribution is -0.125. The minimum Gasteiger partial charge on any atom is -0.492 e. The molecule has 0 saturated heterocycles. The Labute approximate surface area is 178 Å². The smallest absolute Gasteiger partial charge is 0.342 e. The fourth-order valence-corrected chi connectivity index (χ4v) is 2.95. The highest BCUT2D eigenvalue weighted by Gasteiger charge is 2.27. The lowest BCUT2D eigenvalue weighted by atomic mass is 10.1. The van der Waals surface area contributed by atoms with Crippen LogP contribution in [0.15, 0.2) is 72.8 Å². The van der Waals surface area contributed by atoms with Gasteiger partial charge >= 0.3 is 5.97 Å². The molecule has 0 aromatic heterocycles. The summed E-state index contributed by atoms with van der Waals surface area (Å²) in [4.78, 5) is 25.6. The van der Waals surface area contributed by atoms with Crippen molar-refractivity contribution >= 4 is 29.2 Å². The molecule has 30 heavy (non-hydrogen) atoms. The van der Waals surface area contributed by atoms with Crippen molar-refractivity contribution in [3.8, 4) is 5.75 Å². The highest BCUT2D eigenvalue weighted by molar-refractivity contribution is 6.30. The predicted molar refractivity (Wildman–Crippen MR) is 112 cm³/mol. The second-order valence-electron chi connectivity index (χ2n) is 6.24. The van der Waals surface area contributed by atoms with Crippen molar-refractivity contribution in [1.82, 2.24) is 0 Å². The molecule has 7 heteroatoms. The van der Waals surface area contributed by atoms with Crippen LogP contribution in [0, 0.1) is 5.82 Å². The molecule has 0 aliphatic heterocycles. The summed E-state index contributed by atoms with van der Waals surface area (Å²) in [6.45, 7) is 2.24. The van der Waals surface area contributed by atoms with E-state index in [-0.39, 0.29) is 10.6 Å². The molecule has 3 aromatic rings. The second-order valence-corrected chi connectivity index (χ2v) is 6.68. The van der Waals surface area contributed by atoms with Gasteiger partial charge in [-0.15, -0.1) is 0 Å². The number of rotatable bonds is 7. The molecule has 0 spiro atoms. The molecule has 1 amide bonds. The van der Waals surface area contributed by atoms with E-state index in [0.29, 0.717) is 23.6 Å². The first-order chi connectivity index (χ1) is 14.5. The van der Waals surface area contributed by atoms with Gasteiger partial charge in [0.15, 0.2) is 0 Å². The Balaban J connectivity index is 1.89. The topological polar surface area (TPSA) is 64.6 Å². The first kappa shape index (κ1) is 21.3. The van der Waals surface area contributed by atoms with Crippen molar-refractivity contribution < 1.29 is 23.5 Å². The largest absolute Gasteiger partial charge is 0.492 e. The van der Waals surface area contributed by atoms with Crippen LogP contribution < -0.4 is 10.1 Å². The van der Waals surface area contributed by atoms with Crippen molar-refractivity contribution in [2.24, 2.45) is 0 Å². The predicted octanol–water partition coefficient (Wildman–Crippen LogP) is 5.41. The van der Waals surface area contributed by atoms with E-state index in [4.69, 9.17) is 21.1 Å². The number of amides is 1. The lowest BCUT2D eigenvalue weighted by Crippen LogP contribution is -2.26. The van der Waals surface area contributed by atoms with E-state index in [0.717, 1.165) is 12.1 Å². The van der Waals surface area contributed by atoms with Crippen molar-refractivity contribution in [3.05, 3.63) is 94.8 Å². The normalized spacial score (nSPS) is 11.4. The summed E-state index contributed by atoms with van der Waals surface area (Å²) < 4.78 is 25.0. The zero-order valence-electron chi connectivity index (χ0n) is 16.1. The number of benzene rings is 3. The number of esters is 1. The Hall–Kier alpha value is -3.38. The van der Waals surface area contributed by atoms with Gasteiger partial charge in [0.2, 0.25) is 6.10 Å². The number of carbonyl (C=O) groups is 2. The van der Waals surface area contributed by atoms with Crippen molar-refractivity contribution in [2.45, 2.75) is 13.0 Å². The standard InChI is InChI=1S/C23H19ClFNO4/c1-2-29-20-11-7-6-10-19(20)26-22(27)21(15-8-4-3-5-9-15)30-23(28)17-14-16(24)12-13-18(17)25/h3-14,21H,2H2,1H3,(H,26,27). The number of carbonyl (C=O) groups excluding carboxylic acids is 2. The van der Waals surface area contributed by atoms with Crippen LogP contribution in [-0.2, 0) is 9.53 Å². The number of para-hydroxylation sites is 2. The third kappa shape index (κ3) is 5.15. The van der Waals surface area contributed by atoms with E-state index in [1.807, 2.05) is 6.92 Å². The third-order valence-electron chi connectivity index (χ3n) is 4.16. The van der Waals surface area contributed by atoms with Crippen LogP contribution in [0.2, 0.25) is 5.02 Å². The van der Waals surface area contributed by atoms with Crippen LogP contribution in [-0.4, -0.2) is 18.5 Å². The van der Waals surface area contributed by atoms with Gasteiger partial charge in [-0.25, -0.2) is 9.18 Å². The minimum atomic E-state index is -1.31. The zero-order valence-corrected chi connectivity index (χ0v) is 16.9. The molecule has 3 aromatic carbocycles. The molecule has 5 nitrogen and oxygen atoms in total. The van der Waals surface area contributed by atoms with E-state index in [2.05, 4.69) is 5.32 Å². The monoisotopic (exact) mass is 427 g/mol. The van der Waals surface area contributed by atoms with Crippen molar-refractivity contribution in [1.29, 1.82) is 0 Å². The maximum absolute atomic E-state index is 14.1. The van der Waals surface area contributed by atoms with Crippen LogP contribution in [0.1, 0.15) is 28.9 Å². The molecular weight excluding hydrogens is 409 g/mol. The van der Waals surface area contributed by atoms with Crippen LogP contribution in [0.4, 0.5) is 10.1 Å². The van der Waals surface area contributed by atoms with Gasteiger partial charge in [-0.2, -0.15) is 0 Å². The Bertz CT molecular complexity index is 1040. The Morgan fingerprint density at radius 1 is 1.03 bits per heavy atom. The Kier molecular flexibility index (Phi) is 7.03. The molecule has 0 radical (unpaired) electrons. The van der Waals surface area contributed by atoms with Gasteiger partial charge in [-0.1, -0.05) is 54.1 Å².